The number of carbonyl (C=O) groups excluding carboxylic acids is 1. The van der Waals surface area contributed by atoms with E-state index in [1.165, 1.54) is 18.3 Å². The minimum Gasteiger partial charge on any atom is -0.483 e. The van der Waals surface area contributed by atoms with Gasteiger partial charge in [-0.05, 0) is 25.1 Å². The second-order valence-corrected chi connectivity index (χ2v) is 5.83. The van der Waals surface area contributed by atoms with Crippen molar-refractivity contribution in [3.8, 4) is 16.5 Å². The monoisotopic (exact) mass is 346 g/mol. The Morgan fingerprint density at radius 1 is 1.29 bits per heavy atom. The van der Waals surface area contributed by atoms with E-state index in [9.17, 15) is 13.6 Å². The number of Topliss-reactive ketones (excluding diaryl/α,β-unsaturated/α-hetero) is 1. The molecule has 0 fully saturated rings. The summed E-state index contributed by atoms with van der Waals surface area (Å²) < 4.78 is 32.5. The molecule has 1 aromatic carbocycles. The third kappa shape index (κ3) is 3.46. The number of halogens is 2. The van der Waals surface area contributed by atoms with E-state index in [1.807, 2.05) is 18.2 Å². The van der Waals surface area contributed by atoms with Gasteiger partial charge in [-0.3, -0.25) is 9.78 Å². The molecule has 0 atom stereocenters. The summed E-state index contributed by atoms with van der Waals surface area (Å²) in [5, 5.41) is 2.47. The van der Waals surface area contributed by atoms with Crippen LogP contribution < -0.4 is 4.74 Å². The largest absolute Gasteiger partial charge is 0.483 e. The van der Waals surface area contributed by atoms with Gasteiger partial charge in [0, 0.05) is 17.6 Å². The Balaban J connectivity index is 1.80. The minimum atomic E-state index is -0.916. The predicted octanol–water partition coefficient (Wildman–Crippen LogP) is 4.26. The van der Waals surface area contributed by atoms with E-state index in [0.717, 1.165) is 11.8 Å². The number of benzene rings is 1. The molecule has 4 nitrogen and oxygen atoms in total. The first kappa shape index (κ1) is 16.2. The molecular weight excluding hydrogens is 334 g/mol. The van der Waals surface area contributed by atoms with E-state index in [-0.39, 0.29) is 17.9 Å². The molecule has 0 aliphatic carbocycles. The highest BCUT2D eigenvalue weighted by Crippen LogP contribution is 2.27. The molecule has 0 aliphatic rings. The van der Waals surface area contributed by atoms with Crippen LogP contribution in [0, 0.1) is 11.6 Å². The number of hydrogen-bond acceptors (Lipinski definition) is 5. The van der Waals surface area contributed by atoms with Crippen LogP contribution in [0.1, 0.15) is 23.0 Å². The van der Waals surface area contributed by atoms with Gasteiger partial charge in [0.25, 0.3) is 0 Å². The molecule has 0 saturated carbocycles. The second kappa shape index (κ2) is 6.84. The summed E-state index contributed by atoms with van der Waals surface area (Å²) in [7, 11) is 0. The van der Waals surface area contributed by atoms with Crippen LogP contribution in [-0.4, -0.2) is 15.8 Å². The fraction of sp³-hybridized carbons (Fsp3) is 0.118. The zero-order valence-corrected chi connectivity index (χ0v) is 13.4. The van der Waals surface area contributed by atoms with Gasteiger partial charge in [-0.1, -0.05) is 6.07 Å². The van der Waals surface area contributed by atoms with E-state index in [0.29, 0.717) is 16.8 Å². The van der Waals surface area contributed by atoms with Crippen LogP contribution in [0.3, 0.4) is 0 Å². The Bertz CT molecular complexity index is 882. The maximum absolute atomic E-state index is 13.9. The predicted molar refractivity (Wildman–Crippen MR) is 86.0 cm³/mol. The molecular formula is C17H12F2N2O2S. The summed E-state index contributed by atoms with van der Waals surface area (Å²) in [4.78, 5) is 20.1. The van der Waals surface area contributed by atoms with Crippen molar-refractivity contribution in [3.05, 3.63) is 64.8 Å². The molecule has 7 heteroatoms. The molecule has 0 N–H and O–H groups in total. The zero-order chi connectivity index (χ0) is 17.1. The van der Waals surface area contributed by atoms with Crippen LogP contribution in [0.25, 0.3) is 10.7 Å². The van der Waals surface area contributed by atoms with Crippen molar-refractivity contribution >= 4 is 17.1 Å². The van der Waals surface area contributed by atoms with Crippen molar-refractivity contribution in [2.75, 3.05) is 0 Å². The van der Waals surface area contributed by atoms with Crippen molar-refractivity contribution in [1.29, 1.82) is 0 Å². The van der Waals surface area contributed by atoms with Gasteiger partial charge in [0.05, 0.1) is 17.0 Å². The Labute approximate surface area is 140 Å². The lowest BCUT2D eigenvalue weighted by molar-refractivity contribution is 0.101. The Kier molecular flexibility index (Phi) is 4.61. The van der Waals surface area contributed by atoms with E-state index < -0.39 is 17.4 Å². The van der Waals surface area contributed by atoms with Crippen molar-refractivity contribution in [2.24, 2.45) is 0 Å². The summed E-state index contributed by atoms with van der Waals surface area (Å²) in [6.07, 6.45) is 1.67. The lowest BCUT2D eigenvalue weighted by atomic mass is 10.1. The van der Waals surface area contributed by atoms with Crippen molar-refractivity contribution in [3.63, 3.8) is 0 Å². The average Bonchev–Trinajstić information content (AvgIpc) is 3.03. The first-order valence-electron chi connectivity index (χ1n) is 7.03. The van der Waals surface area contributed by atoms with Crippen molar-refractivity contribution in [2.45, 2.75) is 13.5 Å². The van der Waals surface area contributed by atoms with Gasteiger partial charge in [0.2, 0.25) is 0 Å². The summed E-state index contributed by atoms with van der Waals surface area (Å²) in [6.45, 7) is 1.19. The number of pyridine rings is 1. The molecule has 0 radical (unpaired) electrons. The fourth-order valence-electron chi connectivity index (χ4n) is 2.09. The van der Waals surface area contributed by atoms with Crippen molar-refractivity contribution < 1.29 is 18.3 Å². The van der Waals surface area contributed by atoms with Crippen LogP contribution in [0.4, 0.5) is 8.78 Å². The van der Waals surface area contributed by atoms with Crippen LogP contribution in [-0.2, 0) is 6.61 Å². The lowest BCUT2D eigenvalue weighted by Gasteiger charge is -2.10. The Hall–Kier alpha value is -2.67. The van der Waals surface area contributed by atoms with Gasteiger partial charge in [0.15, 0.2) is 17.3 Å². The van der Waals surface area contributed by atoms with Crippen LogP contribution >= 0.6 is 11.3 Å². The molecule has 2 aromatic heterocycles. The minimum absolute atomic E-state index is 0.0355. The first-order chi connectivity index (χ1) is 11.5. The number of thiazole rings is 1. The Morgan fingerprint density at radius 2 is 2.12 bits per heavy atom. The number of ether oxygens (including phenoxy) is 1. The molecule has 0 spiro atoms. The molecule has 3 aromatic rings. The highest BCUT2D eigenvalue weighted by Gasteiger charge is 2.17. The number of ketones is 1. The van der Waals surface area contributed by atoms with Gasteiger partial charge < -0.3 is 4.74 Å². The zero-order valence-electron chi connectivity index (χ0n) is 12.6. The molecule has 0 aliphatic heterocycles. The number of carbonyl (C=O) groups is 1. The highest BCUT2D eigenvalue weighted by molar-refractivity contribution is 7.13. The maximum Gasteiger partial charge on any atom is 0.168 e. The van der Waals surface area contributed by atoms with Crippen LogP contribution in [0.2, 0.25) is 0 Å². The molecule has 0 bridgehead atoms. The van der Waals surface area contributed by atoms with Gasteiger partial charge in [0.1, 0.15) is 17.4 Å². The van der Waals surface area contributed by atoms with Gasteiger partial charge in [-0.2, -0.15) is 0 Å². The Morgan fingerprint density at radius 3 is 2.83 bits per heavy atom. The van der Waals surface area contributed by atoms with E-state index in [4.69, 9.17) is 4.74 Å². The molecule has 0 unspecified atom stereocenters. The summed E-state index contributed by atoms with van der Waals surface area (Å²) >= 11 is 1.38. The fourth-order valence-corrected chi connectivity index (χ4v) is 2.87. The quantitative estimate of drug-likeness (QED) is 0.648. The number of rotatable bonds is 5. The van der Waals surface area contributed by atoms with Crippen molar-refractivity contribution in [1.82, 2.24) is 9.97 Å². The number of nitrogens with zero attached hydrogens (tertiary/aromatic N) is 2. The third-order valence-electron chi connectivity index (χ3n) is 3.19. The normalized spacial score (nSPS) is 10.6. The molecule has 2 heterocycles. The maximum atomic E-state index is 13.9. The SMILES string of the molecule is CC(=O)c1cc(F)cc(F)c1OCc1csc(-c2ccccn2)n1. The average molecular weight is 346 g/mol. The van der Waals surface area contributed by atoms with Gasteiger partial charge in [-0.15, -0.1) is 11.3 Å². The standard InChI is InChI=1S/C17H12F2N2O2S/c1-10(22)13-6-11(18)7-14(19)16(13)23-8-12-9-24-17(21-12)15-4-2-3-5-20-15/h2-7,9H,8H2,1H3. The van der Waals surface area contributed by atoms with E-state index in [1.54, 1.807) is 11.6 Å². The molecule has 0 amide bonds. The van der Waals surface area contributed by atoms with Gasteiger partial charge >= 0.3 is 0 Å². The third-order valence-corrected chi connectivity index (χ3v) is 4.10. The lowest BCUT2D eigenvalue weighted by Crippen LogP contribution is -2.05. The summed E-state index contributed by atoms with van der Waals surface area (Å²) in [5.74, 6) is -2.48. The topological polar surface area (TPSA) is 52.1 Å². The molecule has 3 rings (SSSR count). The molecule has 24 heavy (non-hydrogen) atoms. The summed E-state index contributed by atoms with van der Waals surface area (Å²) in [6, 6.07) is 7.13. The molecule has 122 valence electrons. The van der Waals surface area contributed by atoms with Gasteiger partial charge in [-0.25, -0.2) is 13.8 Å². The second-order valence-electron chi connectivity index (χ2n) is 4.97. The summed E-state index contributed by atoms with van der Waals surface area (Å²) in [5.41, 5.74) is 1.16. The van der Waals surface area contributed by atoms with E-state index in [2.05, 4.69) is 9.97 Å². The van der Waals surface area contributed by atoms with Crippen LogP contribution in [0.5, 0.6) is 5.75 Å². The number of aromatic nitrogens is 2. The smallest absolute Gasteiger partial charge is 0.168 e. The molecule has 0 saturated heterocycles. The van der Waals surface area contributed by atoms with E-state index >= 15 is 0 Å². The first-order valence-corrected chi connectivity index (χ1v) is 7.91. The van der Waals surface area contributed by atoms with Crippen LogP contribution in [0.15, 0.2) is 41.9 Å². The number of hydrogen-bond donors (Lipinski definition) is 0. The highest BCUT2D eigenvalue weighted by atomic mass is 32.1.